The molecule has 0 radical (unpaired) electrons. The Morgan fingerprint density at radius 3 is 2.39 bits per heavy atom. The van der Waals surface area contributed by atoms with E-state index in [0.29, 0.717) is 51.8 Å². The van der Waals surface area contributed by atoms with Crippen LogP contribution in [0.15, 0.2) is 29.3 Å². The Hall–Kier alpha value is -1.62. The number of halogens is 2. The van der Waals surface area contributed by atoms with Crippen LogP contribution in [0, 0.1) is 5.82 Å². The highest BCUT2D eigenvalue weighted by Crippen LogP contribution is 2.17. The summed E-state index contributed by atoms with van der Waals surface area (Å²) in [6.45, 7) is 7.34. The van der Waals surface area contributed by atoms with Crippen molar-refractivity contribution in [3.8, 4) is 0 Å². The molecule has 1 aliphatic rings. The van der Waals surface area contributed by atoms with E-state index in [4.69, 9.17) is 4.74 Å². The van der Waals surface area contributed by atoms with Gasteiger partial charge in [-0.15, -0.1) is 24.0 Å². The maximum absolute atomic E-state index is 13.0. The third kappa shape index (κ3) is 8.17. The van der Waals surface area contributed by atoms with E-state index >= 15 is 0 Å². The monoisotopic (exact) mass is 507 g/mol. The Morgan fingerprint density at radius 2 is 1.79 bits per heavy atom. The average molecular weight is 507 g/mol. The average Bonchev–Trinajstić information content (AvgIpc) is 2.70. The van der Waals surface area contributed by atoms with E-state index in [9.17, 15) is 9.18 Å². The van der Waals surface area contributed by atoms with Gasteiger partial charge in [0.15, 0.2) is 5.96 Å². The first-order valence-corrected chi connectivity index (χ1v) is 9.44. The van der Waals surface area contributed by atoms with E-state index in [1.807, 2.05) is 11.8 Å². The molecule has 158 valence electrons. The lowest BCUT2D eigenvalue weighted by Gasteiger charge is -2.36. The molecule has 1 aromatic carbocycles. The number of hydrogen-bond acceptors (Lipinski definition) is 4. The molecule has 1 aromatic rings. The number of guanidine groups is 1. The first kappa shape index (κ1) is 24.4. The highest BCUT2D eigenvalue weighted by atomic mass is 127. The normalized spacial score (nSPS) is 14.5. The molecule has 2 N–H and O–H groups in total. The number of piperazine rings is 1. The molecule has 0 aromatic heterocycles. The first-order valence-electron chi connectivity index (χ1n) is 9.44. The summed E-state index contributed by atoms with van der Waals surface area (Å²) >= 11 is 0. The van der Waals surface area contributed by atoms with Gasteiger partial charge in [-0.05, 0) is 31.2 Å². The number of benzene rings is 1. The standard InChI is InChI=1S/C19H30FN5O2.HI/c1-3-27-15-10-23-19(21-2)22-9-8-18(26)25-13-11-24(12-14-25)17-6-4-16(20)5-7-17;/h4-7H,3,8-15H2,1-2H3,(H2,21,22,23);1H. The Morgan fingerprint density at radius 1 is 1.14 bits per heavy atom. The summed E-state index contributed by atoms with van der Waals surface area (Å²) < 4.78 is 18.3. The van der Waals surface area contributed by atoms with Gasteiger partial charge in [0.1, 0.15) is 5.82 Å². The maximum atomic E-state index is 13.0. The van der Waals surface area contributed by atoms with Gasteiger partial charge in [0.05, 0.1) is 6.61 Å². The van der Waals surface area contributed by atoms with Crippen molar-refractivity contribution in [2.24, 2.45) is 4.99 Å². The molecule has 9 heteroatoms. The van der Waals surface area contributed by atoms with Crippen molar-refractivity contribution in [2.45, 2.75) is 13.3 Å². The van der Waals surface area contributed by atoms with Gasteiger partial charge in [-0.1, -0.05) is 0 Å². The van der Waals surface area contributed by atoms with Crippen LogP contribution in [0.25, 0.3) is 0 Å². The molecule has 1 aliphatic heterocycles. The molecule has 1 amide bonds. The van der Waals surface area contributed by atoms with Gasteiger partial charge in [0, 0.05) is 65.0 Å². The van der Waals surface area contributed by atoms with Crippen LogP contribution in [0.5, 0.6) is 0 Å². The van der Waals surface area contributed by atoms with Crippen molar-refractivity contribution >= 4 is 41.5 Å². The minimum atomic E-state index is -0.234. The number of ether oxygens (including phenoxy) is 1. The van der Waals surface area contributed by atoms with Gasteiger partial charge >= 0.3 is 0 Å². The van der Waals surface area contributed by atoms with Crippen LogP contribution in [0.4, 0.5) is 10.1 Å². The van der Waals surface area contributed by atoms with Crippen molar-refractivity contribution in [1.29, 1.82) is 0 Å². The summed E-state index contributed by atoms with van der Waals surface area (Å²) in [5.41, 5.74) is 0.993. The summed E-state index contributed by atoms with van der Waals surface area (Å²) in [6.07, 6.45) is 0.419. The fraction of sp³-hybridized carbons (Fsp3) is 0.579. The number of nitrogens with one attached hydrogen (secondary N) is 2. The van der Waals surface area contributed by atoms with Gasteiger partial charge in [0.25, 0.3) is 0 Å². The molecule has 28 heavy (non-hydrogen) atoms. The number of rotatable bonds is 8. The van der Waals surface area contributed by atoms with E-state index in [1.54, 1.807) is 19.2 Å². The number of amides is 1. The Bertz CT molecular complexity index is 607. The summed E-state index contributed by atoms with van der Waals surface area (Å²) in [4.78, 5) is 20.6. The molecule has 1 saturated heterocycles. The zero-order chi connectivity index (χ0) is 19.5. The van der Waals surface area contributed by atoms with E-state index in [1.165, 1.54) is 12.1 Å². The largest absolute Gasteiger partial charge is 0.380 e. The van der Waals surface area contributed by atoms with Gasteiger partial charge < -0.3 is 25.2 Å². The van der Waals surface area contributed by atoms with Crippen molar-refractivity contribution in [1.82, 2.24) is 15.5 Å². The van der Waals surface area contributed by atoms with E-state index < -0.39 is 0 Å². The molecular formula is C19H31FIN5O2. The minimum absolute atomic E-state index is 0. The predicted octanol–water partition coefficient (Wildman–Crippen LogP) is 1.68. The number of nitrogens with zero attached hydrogens (tertiary/aromatic N) is 3. The molecule has 2 rings (SSSR count). The zero-order valence-corrected chi connectivity index (χ0v) is 18.9. The van der Waals surface area contributed by atoms with Crippen LogP contribution in [0.2, 0.25) is 0 Å². The molecule has 1 fully saturated rings. The minimum Gasteiger partial charge on any atom is -0.380 e. The highest BCUT2D eigenvalue weighted by Gasteiger charge is 2.21. The Labute approximate surface area is 183 Å². The summed E-state index contributed by atoms with van der Waals surface area (Å²) in [6, 6.07) is 6.49. The molecule has 7 nitrogen and oxygen atoms in total. The van der Waals surface area contributed by atoms with Crippen LogP contribution in [-0.2, 0) is 9.53 Å². The number of carbonyl (C=O) groups excluding carboxylic acids is 1. The molecule has 0 aliphatic carbocycles. The lowest BCUT2D eigenvalue weighted by Crippen LogP contribution is -2.49. The van der Waals surface area contributed by atoms with Crippen LogP contribution < -0.4 is 15.5 Å². The van der Waals surface area contributed by atoms with Crippen LogP contribution in [0.1, 0.15) is 13.3 Å². The fourth-order valence-electron chi connectivity index (χ4n) is 2.92. The van der Waals surface area contributed by atoms with Crippen molar-refractivity contribution in [3.05, 3.63) is 30.1 Å². The van der Waals surface area contributed by atoms with Crippen LogP contribution >= 0.6 is 24.0 Å². The van der Waals surface area contributed by atoms with Crippen molar-refractivity contribution in [2.75, 3.05) is 64.4 Å². The second kappa shape index (κ2) is 13.5. The second-order valence-corrected chi connectivity index (χ2v) is 6.22. The fourth-order valence-corrected chi connectivity index (χ4v) is 2.92. The van der Waals surface area contributed by atoms with Gasteiger partial charge in [0.2, 0.25) is 5.91 Å². The van der Waals surface area contributed by atoms with E-state index in [-0.39, 0.29) is 35.7 Å². The Balaban J connectivity index is 0.00000392. The maximum Gasteiger partial charge on any atom is 0.224 e. The molecule has 1 heterocycles. The van der Waals surface area contributed by atoms with Crippen LogP contribution in [0.3, 0.4) is 0 Å². The van der Waals surface area contributed by atoms with Crippen LogP contribution in [-0.4, -0.2) is 76.3 Å². The van der Waals surface area contributed by atoms with Crippen molar-refractivity contribution in [3.63, 3.8) is 0 Å². The third-order valence-electron chi connectivity index (χ3n) is 4.42. The third-order valence-corrected chi connectivity index (χ3v) is 4.42. The number of hydrogen-bond donors (Lipinski definition) is 2. The SMILES string of the molecule is CCOCCNC(=NC)NCCC(=O)N1CCN(c2ccc(F)cc2)CC1.I. The summed E-state index contributed by atoms with van der Waals surface area (Å²) in [5, 5.41) is 6.29. The number of aliphatic imine (C=N–C) groups is 1. The quantitative estimate of drug-likeness (QED) is 0.243. The van der Waals surface area contributed by atoms with Gasteiger partial charge in [-0.25, -0.2) is 4.39 Å². The molecule has 0 spiro atoms. The van der Waals surface area contributed by atoms with Gasteiger partial charge in [-0.2, -0.15) is 0 Å². The van der Waals surface area contributed by atoms with Gasteiger partial charge in [-0.3, -0.25) is 9.79 Å². The molecule has 0 unspecified atom stereocenters. The number of carbonyl (C=O) groups is 1. The topological polar surface area (TPSA) is 69.2 Å². The highest BCUT2D eigenvalue weighted by molar-refractivity contribution is 14.0. The summed E-state index contributed by atoms with van der Waals surface area (Å²) in [5.74, 6) is 0.567. The Kier molecular flexibility index (Phi) is 11.8. The lowest BCUT2D eigenvalue weighted by molar-refractivity contribution is -0.131. The summed E-state index contributed by atoms with van der Waals surface area (Å²) in [7, 11) is 1.70. The second-order valence-electron chi connectivity index (χ2n) is 6.22. The van der Waals surface area contributed by atoms with Crippen molar-refractivity contribution < 1.29 is 13.9 Å². The lowest BCUT2D eigenvalue weighted by atomic mass is 10.2. The zero-order valence-electron chi connectivity index (χ0n) is 16.6. The molecular weight excluding hydrogens is 476 g/mol. The van der Waals surface area contributed by atoms with E-state index in [0.717, 1.165) is 18.8 Å². The van der Waals surface area contributed by atoms with E-state index in [2.05, 4.69) is 20.5 Å². The predicted molar refractivity (Wildman–Crippen MR) is 121 cm³/mol. The first-order chi connectivity index (χ1) is 13.1. The molecule has 0 atom stereocenters. The smallest absolute Gasteiger partial charge is 0.224 e. The number of anilines is 1. The molecule has 0 saturated carbocycles. The molecule has 0 bridgehead atoms.